The number of ketones is 1. The molecule has 2 N–H and O–H groups in total. The van der Waals surface area contributed by atoms with Crippen LogP contribution in [0.25, 0.3) is 0 Å². The summed E-state index contributed by atoms with van der Waals surface area (Å²) in [7, 11) is 0. The van der Waals surface area contributed by atoms with Crippen molar-refractivity contribution >= 4 is 11.8 Å². The molecule has 0 saturated heterocycles. The molecule has 0 amide bonds. The van der Waals surface area contributed by atoms with Crippen LogP contribution in [0.3, 0.4) is 0 Å². The van der Waals surface area contributed by atoms with Gasteiger partial charge in [-0.15, -0.1) is 0 Å². The molecule has 86 valence electrons. The summed E-state index contributed by atoms with van der Waals surface area (Å²) in [6, 6.07) is 6.72. The Bertz CT molecular complexity index is 384. The van der Waals surface area contributed by atoms with Crippen LogP contribution >= 0.6 is 0 Å². The molecule has 4 nitrogen and oxygen atoms in total. The van der Waals surface area contributed by atoms with E-state index in [2.05, 4.69) is 5.32 Å². The number of carbonyl (C=O) groups excluding carboxylic acids is 1. The average molecular weight is 221 g/mol. The highest BCUT2D eigenvalue weighted by Crippen LogP contribution is 2.06. The molecule has 0 aliphatic carbocycles. The maximum atomic E-state index is 11.8. The number of Topliss-reactive ketones (excluding diaryl/α,β-unsaturated/α-hetero) is 1. The summed E-state index contributed by atoms with van der Waals surface area (Å²) < 4.78 is 0. The normalized spacial score (nSPS) is 12.1. The van der Waals surface area contributed by atoms with E-state index >= 15 is 0 Å². The first-order valence-corrected chi connectivity index (χ1v) is 5.07. The Balaban J connectivity index is 2.63. The molecule has 16 heavy (non-hydrogen) atoms. The number of aryl methyl sites for hydroxylation is 1. The van der Waals surface area contributed by atoms with Crippen molar-refractivity contribution in [2.75, 3.05) is 6.54 Å². The third kappa shape index (κ3) is 3.47. The molecule has 0 bridgehead atoms. The Hall–Kier alpha value is -1.68. The molecule has 0 aromatic heterocycles. The third-order valence-electron chi connectivity index (χ3n) is 2.29. The van der Waals surface area contributed by atoms with Gasteiger partial charge < -0.3 is 5.11 Å². The fraction of sp³-hybridized carbons (Fsp3) is 0.333. The largest absolute Gasteiger partial charge is 0.480 e. The predicted octanol–water partition coefficient (Wildman–Crippen LogP) is 1.24. The lowest BCUT2D eigenvalue weighted by molar-refractivity contribution is -0.136. The molecule has 1 unspecified atom stereocenters. The lowest BCUT2D eigenvalue weighted by Crippen LogP contribution is -2.37. The van der Waals surface area contributed by atoms with E-state index < -0.39 is 12.0 Å². The number of benzene rings is 1. The van der Waals surface area contributed by atoms with Gasteiger partial charge in [0.05, 0.1) is 12.6 Å². The van der Waals surface area contributed by atoms with Gasteiger partial charge in [-0.25, -0.2) is 0 Å². The molecule has 0 saturated carbocycles. The van der Waals surface area contributed by atoms with E-state index in [0.717, 1.165) is 5.56 Å². The van der Waals surface area contributed by atoms with E-state index in [-0.39, 0.29) is 12.3 Å². The van der Waals surface area contributed by atoms with Crippen LogP contribution in [-0.4, -0.2) is 29.4 Å². The number of carboxylic acid groups (broad SMARTS) is 1. The van der Waals surface area contributed by atoms with Crippen molar-refractivity contribution in [2.45, 2.75) is 19.9 Å². The smallest absolute Gasteiger partial charge is 0.317 e. The number of nitrogens with one attached hydrogen (secondary N) is 1. The van der Waals surface area contributed by atoms with Crippen molar-refractivity contribution in [3.8, 4) is 0 Å². The summed E-state index contributed by atoms with van der Waals surface area (Å²) in [5, 5.41) is 11.1. The zero-order chi connectivity index (χ0) is 12.1. The second-order valence-electron chi connectivity index (χ2n) is 3.73. The molecule has 1 aromatic rings. The number of aliphatic carboxylic acids is 1. The fourth-order valence-electron chi connectivity index (χ4n) is 1.30. The molecule has 4 heteroatoms. The summed E-state index contributed by atoms with van der Waals surface area (Å²) in [6.45, 7) is 3.39. The Labute approximate surface area is 94.3 Å². The van der Waals surface area contributed by atoms with Crippen LogP contribution in [0.1, 0.15) is 22.8 Å². The maximum absolute atomic E-state index is 11.8. The monoisotopic (exact) mass is 221 g/mol. The Morgan fingerprint density at radius 3 is 2.38 bits per heavy atom. The minimum Gasteiger partial charge on any atom is -0.480 e. The number of hydrogen-bond acceptors (Lipinski definition) is 3. The van der Waals surface area contributed by atoms with E-state index in [1.807, 2.05) is 19.1 Å². The molecule has 0 aliphatic rings. The molecular weight excluding hydrogens is 206 g/mol. The van der Waals surface area contributed by atoms with Gasteiger partial charge in [0, 0.05) is 5.56 Å². The third-order valence-corrected chi connectivity index (χ3v) is 2.29. The first-order chi connectivity index (χ1) is 7.50. The number of carbonyl (C=O) groups is 2. The van der Waals surface area contributed by atoms with Crippen LogP contribution in [0, 0.1) is 6.92 Å². The van der Waals surface area contributed by atoms with Gasteiger partial charge >= 0.3 is 5.97 Å². The summed E-state index contributed by atoms with van der Waals surface area (Å²) >= 11 is 0. The second-order valence-corrected chi connectivity index (χ2v) is 3.73. The van der Waals surface area contributed by atoms with Gasteiger partial charge in [0.25, 0.3) is 0 Å². The SMILES string of the molecule is Cc1ccc(C(=O)C(C)NCC(=O)O)cc1. The number of carboxylic acids is 1. The highest BCUT2D eigenvalue weighted by Gasteiger charge is 2.14. The van der Waals surface area contributed by atoms with Crippen molar-refractivity contribution in [2.24, 2.45) is 0 Å². The first kappa shape index (κ1) is 12.4. The molecule has 1 atom stereocenters. The Kier molecular flexibility index (Phi) is 4.19. The molecular formula is C12H15NO3. The Morgan fingerprint density at radius 1 is 1.31 bits per heavy atom. The standard InChI is InChI=1S/C12H15NO3/c1-8-3-5-10(6-4-8)12(16)9(2)13-7-11(14)15/h3-6,9,13H,7H2,1-2H3,(H,14,15). The molecule has 1 aromatic carbocycles. The first-order valence-electron chi connectivity index (χ1n) is 5.07. The molecule has 0 aliphatic heterocycles. The highest BCUT2D eigenvalue weighted by atomic mass is 16.4. The number of rotatable bonds is 5. The maximum Gasteiger partial charge on any atom is 0.317 e. The topological polar surface area (TPSA) is 66.4 Å². The van der Waals surface area contributed by atoms with E-state index in [4.69, 9.17) is 5.11 Å². The summed E-state index contributed by atoms with van der Waals surface area (Å²) in [5.74, 6) is -1.06. The van der Waals surface area contributed by atoms with Gasteiger partial charge in [-0.3, -0.25) is 14.9 Å². The quantitative estimate of drug-likeness (QED) is 0.734. The van der Waals surface area contributed by atoms with Crippen LogP contribution in [0.4, 0.5) is 0 Å². The van der Waals surface area contributed by atoms with Crippen molar-refractivity contribution in [3.05, 3.63) is 35.4 Å². The van der Waals surface area contributed by atoms with Crippen LogP contribution in [0.2, 0.25) is 0 Å². The van der Waals surface area contributed by atoms with E-state index in [0.29, 0.717) is 5.56 Å². The van der Waals surface area contributed by atoms with Crippen LogP contribution in [0.15, 0.2) is 24.3 Å². The van der Waals surface area contributed by atoms with E-state index in [9.17, 15) is 9.59 Å². The summed E-state index contributed by atoms with van der Waals surface area (Å²) in [6.07, 6.45) is 0. The van der Waals surface area contributed by atoms with Gasteiger partial charge in [0.2, 0.25) is 0 Å². The minimum absolute atomic E-state index is 0.0961. The van der Waals surface area contributed by atoms with E-state index in [1.54, 1.807) is 19.1 Å². The molecule has 0 spiro atoms. The zero-order valence-corrected chi connectivity index (χ0v) is 9.36. The van der Waals surface area contributed by atoms with Crippen molar-refractivity contribution in [3.63, 3.8) is 0 Å². The van der Waals surface area contributed by atoms with Gasteiger partial charge in [-0.1, -0.05) is 29.8 Å². The van der Waals surface area contributed by atoms with Crippen molar-refractivity contribution in [1.82, 2.24) is 5.32 Å². The zero-order valence-electron chi connectivity index (χ0n) is 9.36. The molecule has 1 rings (SSSR count). The van der Waals surface area contributed by atoms with Gasteiger partial charge in [0.1, 0.15) is 0 Å². The molecule has 0 heterocycles. The fourth-order valence-corrected chi connectivity index (χ4v) is 1.30. The summed E-state index contributed by atoms with van der Waals surface area (Å²) in [4.78, 5) is 22.1. The predicted molar refractivity (Wildman–Crippen MR) is 60.6 cm³/mol. The van der Waals surface area contributed by atoms with Crippen molar-refractivity contribution in [1.29, 1.82) is 0 Å². The lowest BCUT2D eigenvalue weighted by Gasteiger charge is -2.11. The van der Waals surface area contributed by atoms with Crippen LogP contribution in [0.5, 0.6) is 0 Å². The van der Waals surface area contributed by atoms with Gasteiger partial charge in [0.15, 0.2) is 5.78 Å². The average Bonchev–Trinajstić information content (AvgIpc) is 2.26. The van der Waals surface area contributed by atoms with Crippen molar-refractivity contribution < 1.29 is 14.7 Å². The number of hydrogen-bond donors (Lipinski definition) is 2. The summed E-state index contributed by atoms with van der Waals surface area (Å²) in [5.41, 5.74) is 1.68. The molecule has 0 fully saturated rings. The minimum atomic E-state index is -0.969. The van der Waals surface area contributed by atoms with Crippen LogP contribution < -0.4 is 5.32 Å². The second kappa shape index (κ2) is 5.42. The van der Waals surface area contributed by atoms with Crippen LogP contribution in [-0.2, 0) is 4.79 Å². The van der Waals surface area contributed by atoms with E-state index in [1.165, 1.54) is 0 Å². The highest BCUT2D eigenvalue weighted by molar-refractivity contribution is 6.00. The van der Waals surface area contributed by atoms with Gasteiger partial charge in [-0.05, 0) is 13.8 Å². The van der Waals surface area contributed by atoms with Gasteiger partial charge in [-0.2, -0.15) is 0 Å². The molecule has 0 radical (unpaired) electrons. The Morgan fingerprint density at radius 2 is 1.88 bits per heavy atom. The lowest BCUT2D eigenvalue weighted by atomic mass is 10.0.